The Bertz CT molecular complexity index is 569. The Morgan fingerprint density at radius 3 is 2.38 bits per heavy atom. The van der Waals surface area contributed by atoms with Crippen LogP contribution < -0.4 is 5.73 Å². The van der Waals surface area contributed by atoms with Crippen molar-refractivity contribution in [2.45, 2.75) is 39.0 Å². The second kappa shape index (κ2) is 6.91. The van der Waals surface area contributed by atoms with Crippen molar-refractivity contribution >= 4 is 22.9 Å². The molecular weight excluding hydrogens is 300 g/mol. The highest BCUT2D eigenvalue weighted by atomic mass is 35.5. The number of benzene rings is 1. The Morgan fingerprint density at radius 2 is 1.86 bits per heavy atom. The first-order valence-corrected chi connectivity index (χ1v) is 8.53. The van der Waals surface area contributed by atoms with Gasteiger partial charge in [-0.2, -0.15) is 0 Å². The van der Waals surface area contributed by atoms with Gasteiger partial charge in [0.1, 0.15) is 0 Å². The molecule has 1 heterocycles. The van der Waals surface area contributed by atoms with Crippen LogP contribution in [0.15, 0.2) is 29.6 Å². The predicted octanol–water partition coefficient (Wildman–Crippen LogP) is 4.45. The average molecular weight is 323 g/mol. The summed E-state index contributed by atoms with van der Waals surface area (Å²) in [6, 6.07) is 8.03. The molecule has 2 N–H and O–H groups in total. The van der Waals surface area contributed by atoms with Crippen LogP contribution in [0.3, 0.4) is 0 Å². The van der Waals surface area contributed by atoms with Gasteiger partial charge in [-0.15, -0.1) is 11.3 Å². The molecule has 0 aliphatic carbocycles. The summed E-state index contributed by atoms with van der Waals surface area (Å²) in [5.41, 5.74) is 8.51. The summed E-state index contributed by atoms with van der Waals surface area (Å²) in [6.45, 7) is 7.26. The van der Waals surface area contributed by atoms with Gasteiger partial charge in [0.15, 0.2) is 0 Å². The van der Waals surface area contributed by atoms with Crippen LogP contribution in [0.4, 0.5) is 0 Å². The van der Waals surface area contributed by atoms with Gasteiger partial charge in [0, 0.05) is 22.2 Å². The lowest BCUT2D eigenvalue weighted by atomic mass is 9.93. The zero-order valence-corrected chi connectivity index (χ0v) is 14.5. The van der Waals surface area contributed by atoms with Crippen molar-refractivity contribution in [3.05, 3.63) is 50.9 Å². The molecule has 0 radical (unpaired) electrons. The van der Waals surface area contributed by atoms with Crippen molar-refractivity contribution in [2.75, 3.05) is 6.54 Å². The minimum Gasteiger partial charge on any atom is -0.330 e. The van der Waals surface area contributed by atoms with E-state index in [1.54, 1.807) is 11.3 Å². The van der Waals surface area contributed by atoms with Crippen LogP contribution in [0.2, 0.25) is 5.02 Å². The van der Waals surface area contributed by atoms with Gasteiger partial charge in [0.05, 0.1) is 10.7 Å². The first kappa shape index (κ1) is 16.5. The maximum atomic E-state index is 5.94. The van der Waals surface area contributed by atoms with Gasteiger partial charge >= 0.3 is 0 Å². The smallest absolute Gasteiger partial charge is 0.0931 e. The minimum absolute atomic E-state index is 0.114. The lowest BCUT2D eigenvalue weighted by Crippen LogP contribution is -2.19. The van der Waals surface area contributed by atoms with Gasteiger partial charge in [-0.3, -0.25) is 0 Å². The lowest BCUT2D eigenvalue weighted by Gasteiger charge is -2.15. The molecule has 1 unspecified atom stereocenters. The Hall–Kier alpha value is -0.900. The lowest BCUT2D eigenvalue weighted by molar-refractivity contribution is 0.525. The van der Waals surface area contributed by atoms with E-state index < -0.39 is 0 Å². The van der Waals surface area contributed by atoms with Crippen LogP contribution in [0, 0.1) is 5.92 Å². The van der Waals surface area contributed by atoms with Gasteiger partial charge in [0.25, 0.3) is 0 Å². The van der Waals surface area contributed by atoms with Crippen LogP contribution in [0.1, 0.15) is 37.0 Å². The second-order valence-electron chi connectivity index (χ2n) is 6.51. The van der Waals surface area contributed by atoms with Crippen molar-refractivity contribution in [1.82, 2.24) is 4.98 Å². The van der Waals surface area contributed by atoms with E-state index in [0.29, 0.717) is 12.5 Å². The number of nitrogens with zero attached hydrogens (tertiary/aromatic N) is 1. The summed E-state index contributed by atoms with van der Waals surface area (Å²) in [4.78, 5) is 4.77. The van der Waals surface area contributed by atoms with E-state index in [-0.39, 0.29) is 5.41 Å². The van der Waals surface area contributed by atoms with E-state index in [1.807, 2.05) is 12.1 Å². The zero-order chi connectivity index (χ0) is 15.5. The zero-order valence-electron chi connectivity index (χ0n) is 12.9. The van der Waals surface area contributed by atoms with E-state index >= 15 is 0 Å². The second-order valence-corrected chi connectivity index (χ2v) is 7.89. The van der Waals surface area contributed by atoms with E-state index in [0.717, 1.165) is 17.9 Å². The van der Waals surface area contributed by atoms with Crippen LogP contribution >= 0.6 is 22.9 Å². The quantitative estimate of drug-likeness (QED) is 0.883. The number of aromatic nitrogens is 1. The third kappa shape index (κ3) is 4.80. The molecular formula is C17H23ClN2S. The maximum Gasteiger partial charge on any atom is 0.0931 e. The molecule has 2 rings (SSSR count). The highest BCUT2D eigenvalue weighted by molar-refractivity contribution is 7.09. The SMILES string of the molecule is CC(C)(C)c1csc(CC(CN)Cc2ccc(Cl)cc2)n1. The van der Waals surface area contributed by atoms with Gasteiger partial charge in [0.2, 0.25) is 0 Å². The molecule has 1 aromatic heterocycles. The highest BCUT2D eigenvalue weighted by Gasteiger charge is 2.19. The number of nitrogens with two attached hydrogens (primary N) is 1. The fraction of sp³-hybridized carbons (Fsp3) is 0.471. The van der Waals surface area contributed by atoms with Gasteiger partial charge < -0.3 is 5.73 Å². The number of halogens is 1. The van der Waals surface area contributed by atoms with E-state index in [4.69, 9.17) is 22.3 Å². The molecule has 2 nitrogen and oxygen atoms in total. The third-order valence-corrected chi connectivity index (χ3v) is 4.68. The standard InChI is InChI=1S/C17H23ClN2S/c1-17(2,3)15-11-21-16(20-15)9-13(10-19)8-12-4-6-14(18)7-5-12/h4-7,11,13H,8-10,19H2,1-3H3. The van der Waals surface area contributed by atoms with Crippen LogP contribution in [0.5, 0.6) is 0 Å². The Morgan fingerprint density at radius 1 is 1.19 bits per heavy atom. The summed E-state index contributed by atoms with van der Waals surface area (Å²) < 4.78 is 0. The Balaban J connectivity index is 2.02. The fourth-order valence-corrected chi connectivity index (χ4v) is 3.45. The van der Waals surface area contributed by atoms with Crippen molar-refractivity contribution < 1.29 is 0 Å². The maximum absolute atomic E-state index is 5.94. The summed E-state index contributed by atoms with van der Waals surface area (Å²) in [5.74, 6) is 0.421. The topological polar surface area (TPSA) is 38.9 Å². The molecule has 0 saturated carbocycles. The molecule has 4 heteroatoms. The molecule has 0 amide bonds. The third-order valence-electron chi connectivity index (χ3n) is 3.55. The number of hydrogen-bond donors (Lipinski definition) is 1. The van der Waals surface area contributed by atoms with Gasteiger partial charge in [-0.05, 0) is 36.6 Å². The number of rotatable bonds is 5. The highest BCUT2D eigenvalue weighted by Crippen LogP contribution is 2.25. The molecule has 1 atom stereocenters. The van der Waals surface area contributed by atoms with Gasteiger partial charge in [-0.1, -0.05) is 44.5 Å². The molecule has 1 aromatic carbocycles. The molecule has 0 spiro atoms. The molecule has 114 valence electrons. The monoisotopic (exact) mass is 322 g/mol. The van der Waals surface area contributed by atoms with Crippen LogP contribution in [0.25, 0.3) is 0 Å². The largest absolute Gasteiger partial charge is 0.330 e. The molecule has 0 aliphatic rings. The Labute approximate surface area is 136 Å². The molecule has 21 heavy (non-hydrogen) atoms. The van der Waals surface area contributed by atoms with E-state index in [9.17, 15) is 0 Å². The minimum atomic E-state index is 0.114. The predicted molar refractivity (Wildman–Crippen MR) is 92.2 cm³/mol. The van der Waals surface area contributed by atoms with E-state index in [2.05, 4.69) is 38.3 Å². The van der Waals surface area contributed by atoms with Crippen molar-refractivity contribution in [3.63, 3.8) is 0 Å². The number of thiazole rings is 1. The van der Waals surface area contributed by atoms with Crippen molar-refractivity contribution in [3.8, 4) is 0 Å². The number of hydrogen-bond acceptors (Lipinski definition) is 3. The molecule has 0 saturated heterocycles. The van der Waals surface area contributed by atoms with Crippen LogP contribution in [-0.2, 0) is 18.3 Å². The summed E-state index contributed by atoms with van der Waals surface area (Å²) in [7, 11) is 0. The first-order valence-electron chi connectivity index (χ1n) is 7.28. The van der Waals surface area contributed by atoms with Crippen LogP contribution in [-0.4, -0.2) is 11.5 Å². The summed E-state index contributed by atoms with van der Waals surface area (Å²) >= 11 is 7.67. The molecule has 2 aromatic rings. The Kier molecular flexibility index (Phi) is 5.42. The van der Waals surface area contributed by atoms with Crippen molar-refractivity contribution in [1.29, 1.82) is 0 Å². The average Bonchev–Trinajstić information content (AvgIpc) is 2.89. The molecule has 0 bridgehead atoms. The summed E-state index contributed by atoms with van der Waals surface area (Å²) in [5, 5.41) is 4.13. The molecule has 0 aliphatic heterocycles. The normalized spacial score (nSPS) is 13.4. The van der Waals surface area contributed by atoms with Crippen molar-refractivity contribution in [2.24, 2.45) is 11.7 Å². The van der Waals surface area contributed by atoms with Gasteiger partial charge in [-0.25, -0.2) is 4.98 Å². The van der Waals surface area contributed by atoms with E-state index in [1.165, 1.54) is 16.3 Å². The molecule has 0 fully saturated rings. The fourth-order valence-electron chi connectivity index (χ4n) is 2.19. The summed E-state index contributed by atoms with van der Waals surface area (Å²) in [6.07, 6.45) is 1.91. The first-order chi connectivity index (χ1) is 9.88.